The van der Waals surface area contributed by atoms with Gasteiger partial charge in [-0.15, -0.1) is 10.2 Å². The van der Waals surface area contributed by atoms with Crippen LogP contribution in [0.4, 0.5) is 0 Å². The maximum Gasteiger partial charge on any atom is 0.282 e. The molecule has 0 bridgehead atoms. The third-order valence-electron chi connectivity index (χ3n) is 1.27. The van der Waals surface area contributed by atoms with Crippen molar-refractivity contribution in [3.05, 3.63) is 9.47 Å². The Bertz CT molecular complexity index is 300. The fraction of sp³-hybridized carbons (Fsp3) is 0.571. The molecule has 0 aliphatic rings. The first-order valence-electron chi connectivity index (χ1n) is 3.87. The summed E-state index contributed by atoms with van der Waals surface area (Å²) in [5.41, 5.74) is 0. The van der Waals surface area contributed by atoms with Crippen LogP contribution in [0.15, 0.2) is 0 Å². The van der Waals surface area contributed by atoms with Gasteiger partial charge in [-0.05, 0) is 17.5 Å². The van der Waals surface area contributed by atoms with Gasteiger partial charge in [0.15, 0.2) is 0 Å². The monoisotopic (exact) mass is 219 g/mol. The van der Waals surface area contributed by atoms with Gasteiger partial charge in [0.1, 0.15) is 0 Å². The Hall–Kier alpha value is -0.680. The largest absolute Gasteiger partial charge is 0.350 e. The van der Waals surface area contributed by atoms with E-state index in [2.05, 4.69) is 15.5 Å². The van der Waals surface area contributed by atoms with E-state index in [1.54, 1.807) is 0 Å². The SMILES string of the molecule is CC(C)CNC(=O)c1nnc(Cl)s1. The van der Waals surface area contributed by atoms with Crippen LogP contribution in [0.25, 0.3) is 0 Å². The topological polar surface area (TPSA) is 54.9 Å². The van der Waals surface area contributed by atoms with Crippen molar-refractivity contribution in [1.82, 2.24) is 15.5 Å². The van der Waals surface area contributed by atoms with E-state index in [4.69, 9.17) is 11.6 Å². The number of amides is 1. The molecule has 0 spiro atoms. The zero-order valence-corrected chi connectivity index (χ0v) is 8.95. The Labute approximate surface area is 85.3 Å². The van der Waals surface area contributed by atoms with Gasteiger partial charge in [-0.1, -0.05) is 25.2 Å². The number of hydrogen-bond donors (Lipinski definition) is 1. The van der Waals surface area contributed by atoms with E-state index < -0.39 is 0 Å². The molecule has 1 rings (SSSR count). The van der Waals surface area contributed by atoms with Gasteiger partial charge in [-0.2, -0.15) is 0 Å². The van der Waals surface area contributed by atoms with E-state index in [0.717, 1.165) is 11.3 Å². The zero-order chi connectivity index (χ0) is 9.84. The van der Waals surface area contributed by atoms with E-state index in [1.807, 2.05) is 13.8 Å². The number of hydrogen-bond acceptors (Lipinski definition) is 4. The van der Waals surface area contributed by atoms with Gasteiger partial charge in [0.2, 0.25) is 9.47 Å². The minimum Gasteiger partial charge on any atom is -0.350 e. The summed E-state index contributed by atoms with van der Waals surface area (Å²) in [5.74, 6) is 0.213. The molecule has 4 nitrogen and oxygen atoms in total. The van der Waals surface area contributed by atoms with E-state index in [9.17, 15) is 4.79 Å². The van der Waals surface area contributed by atoms with Crippen LogP contribution in [0.5, 0.6) is 0 Å². The molecule has 0 aromatic carbocycles. The lowest BCUT2D eigenvalue weighted by Crippen LogP contribution is -2.27. The summed E-state index contributed by atoms with van der Waals surface area (Å²) in [7, 11) is 0. The second kappa shape index (κ2) is 4.53. The van der Waals surface area contributed by atoms with Crippen molar-refractivity contribution >= 4 is 28.8 Å². The highest BCUT2D eigenvalue weighted by atomic mass is 35.5. The molecule has 0 aliphatic heterocycles. The van der Waals surface area contributed by atoms with Crippen molar-refractivity contribution < 1.29 is 4.79 Å². The molecule has 6 heteroatoms. The fourth-order valence-electron chi connectivity index (χ4n) is 0.670. The lowest BCUT2D eigenvalue weighted by atomic mass is 10.2. The predicted octanol–water partition coefficient (Wildman–Crippen LogP) is 1.58. The van der Waals surface area contributed by atoms with Crippen molar-refractivity contribution in [2.75, 3.05) is 6.54 Å². The molecule has 1 aromatic heterocycles. The highest BCUT2D eigenvalue weighted by molar-refractivity contribution is 7.17. The molecule has 1 aromatic rings. The molecule has 0 atom stereocenters. The maximum atomic E-state index is 11.3. The van der Waals surface area contributed by atoms with Crippen LogP contribution in [0.3, 0.4) is 0 Å². The molecular formula is C7H10ClN3OS. The molecule has 1 amide bonds. The van der Waals surface area contributed by atoms with Crippen LogP contribution in [-0.4, -0.2) is 22.6 Å². The number of carbonyl (C=O) groups excluding carboxylic acids is 1. The first kappa shape index (κ1) is 10.4. The fourth-order valence-corrected chi connectivity index (χ4v) is 1.41. The predicted molar refractivity (Wildman–Crippen MR) is 52.1 cm³/mol. The Balaban J connectivity index is 2.49. The van der Waals surface area contributed by atoms with Gasteiger partial charge in [0.05, 0.1) is 0 Å². The van der Waals surface area contributed by atoms with E-state index in [0.29, 0.717) is 17.5 Å². The van der Waals surface area contributed by atoms with Crippen LogP contribution < -0.4 is 5.32 Å². The molecule has 1 N–H and O–H groups in total. The van der Waals surface area contributed by atoms with E-state index in [-0.39, 0.29) is 10.4 Å². The van der Waals surface area contributed by atoms with Gasteiger partial charge < -0.3 is 5.32 Å². The zero-order valence-electron chi connectivity index (χ0n) is 7.37. The third kappa shape index (κ3) is 3.28. The number of aromatic nitrogens is 2. The molecule has 1 heterocycles. The summed E-state index contributed by atoms with van der Waals surface area (Å²) < 4.78 is 0.287. The highest BCUT2D eigenvalue weighted by Crippen LogP contribution is 2.14. The van der Waals surface area contributed by atoms with Gasteiger partial charge in [-0.3, -0.25) is 4.79 Å². The molecule has 72 valence electrons. The number of carbonyl (C=O) groups is 1. The number of halogens is 1. The van der Waals surface area contributed by atoms with Crippen LogP contribution in [-0.2, 0) is 0 Å². The molecule has 0 unspecified atom stereocenters. The summed E-state index contributed by atoms with van der Waals surface area (Å²) in [4.78, 5) is 11.3. The summed E-state index contributed by atoms with van der Waals surface area (Å²) in [5, 5.41) is 10.2. The maximum absolute atomic E-state index is 11.3. The lowest BCUT2D eigenvalue weighted by molar-refractivity contribution is 0.0948. The smallest absolute Gasteiger partial charge is 0.282 e. The molecule has 0 aliphatic carbocycles. The summed E-state index contributed by atoms with van der Waals surface area (Å²) in [6.45, 7) is 4.68. The molecule has 0 saturated heterocycles. The van der Waals surface area contributed by atoms with Gasteiger partial charge >= 0.3 is 0 Å². The highest BCUT2D eigenvalue weighted by Gasteiger charge is 2.11. The van der Waals surface area contributed by atoms with E-state index >= 15 is 0 Å². The molecule has 0 radical (unpaired) electrons. The van der Waals surface area contributed by atoms with Gasteiger partial charge in [0.25, 0.3) is 5.91 Å². The Morgan fingerprint density at radius 3 is 2.77 bits per heavy atom. The third-order valence-corrected chi connectivity index (χ3v) is 2.28. The van der Waals surface area contributed by atoms with E-state index in [1.165, 1.54) is 0 Å². The molecule has 13 heavy (non-hydrogen) atoms. The van der Waals surface area contributed by atoms with Crippen molar-refractivity contribution in [1.29, 1.82) is 0 Å². The molecule has 0 saturated carbocycles. The minimum absolute atomic E-state index is 0.210. The Kier molecular flexibility index (Phi) is 3.62. The van der Waals surface area contributed by atoms with Crippen molar-refractivity contribution in [3.8, 4) is 0 Å². The average Bonchev–Trinajstić information content (AvgIpc) is 2.47. The summed E-state index contributed by atoms with van der Waals surface area (Å²) in [6, 6.07) is 0. The standard InChI is InChI=1S/C7H10ClN3OS/c1-4(2)3-9-5(12)6-10-11-7(8)13-6/h4H,3H2,1-2H3,(H,9,12). The molecular weight excluding hydrogens is 210 g/mol. The second-order valence-corrected chi connectivity index (χ2v) is 4.52. The normalized spacial score (nSPS) is 10.5. The lowest BCUT2D eigenvalue weighted by Gasteiger charge is -2.04. The van der Waals surface area contributed by atoms with Crippen LogP contribution in [0.1, 0.15) is 23.6 Å². The van der Waals surface area contributed by atoms with Crippen LogP contribution >= 0.6 is 22.9 Å². The van der Waals surface area contributed by atoms with Gasteiger partial charge in [0, 0.05) is 6.54 Å². The first-order chi connectivity index (χ1) is 6.09. The van der Waals surface area contributed by atoms with Crippen molar-refractivity contribution in [2.45, 2.75) is 13.8 Å². The number of rotatable bonds is 3. The van der Waals surface area contributed by atoms with Crippen molar-refractivity contribution in [2.24, 2.45) is 5.92 Å². The first-order valence-corrected chi connectivity index (χ1v) is 5.06. The van der Waals surface area contributed by atoms with Gasteiger partial charge in [-0.25, -0.2) is 0 Å². The average molecular weight is 220 g/mol. The second-order valence-electron chi connectivity index (χ2n) is 2.96. The van der Waals surface area contributed by atoms with Crippen molar-refractivity contribution in [3.63, 3.8) is 0 Å². The minimum atomic E-state index is -0.210. The summed E-state index contributed by atoms with van der Waals surface area (Å²) in [6.07, 6.45) is 0. The number of nitrogens with one attached hydrogen (secondary N) is 1. The Morgan fingerprint density at radius 2 is 2.31 bits per heavy atom. The van der Waals surface area contributed by atoms with Crippen LogP contribution in [0.2, 0.25) is 4.47 Å². The van der Waals surface area contributed by atoms with Crippen LogP contribution in [0, 0.1) is 5.92 Å². The number of nitrogens with zero attached hydrogens (tertiary/aromatic N) is 2. The summed E-state index contributed by atoms with van der Waals surface area (Å²) >= 11 is 6.61. The quantitative estimate of drug-likeness (QED) is 0.840. The molecule has 0 fully saturated rings. The Morgan fingerprint density at radius 1 is 1.62 bits per heavy atom.